The Bertz CT molecular complexity index is 1170. The van der Waals surface area contributed by atoms with Crippen LogP contribution in [0.1, 0.15) is 21.6 Å². The second kappa shape index (κ2) is 7.12. The third-order valence-corrected chi connectivity index (χ3v) is 6.01. The van der Waals surface area contributed by atoms with Gasteiger partial charge < -0.3 is 0 Å². The predicted molar refractivity (Wildman–Crippen MR) is 114 cm³/mol. The molecule has 4 aromatic rings. The molecule has 0 atom stereocenters. The molecule has 2 heterocycles. The molecule has 136 valence electrons. The van der Waals surface area contributed by atoms with E-state index in [-0.39, 0.29) is 5.56 Å². The van der Waals surface area contributed by atoms with E-state index in [0.29, 0.717) is 6.54 Å². The Labute approximate surface area is 163 Å². The van der Waals surface area contributed by atoms with Crippen LogP contribution in [0.25, 0.3) is 21.3 Å². The number of nitrogens with zero attached hydrogens (tertiary/aromatic N) is 2. The summed E-state index contributed by atoms with van der Waals surface area (Å²) in [6.07, 6.45) is 2.51. The van der Waals surface area contributed by atoms with Gasteiger partial charge in [0.05, 0.1) is 11.7 Å². The maximum atomic E-state index is 13.3. The number of aryl methyl sites for hydroxylation is 5. The summed E-state index contributed by atoms with van der Waals surface area (Å²) in [6.45, 7) is 6.90. The highest BCUT2D eigenvalue weighted by Gasteiger charge is 2.18. The lowest BCUT2D eigenvalue weighted by Gasteiger charge is -2.09. The van der Waals surface area contributed by atoms with Crippen molar-refractivity contribution < 1.29 is 0 Å². The zero-order valence-corrected chi connectivity index (χ0v) is 16.6. The summed E-state index contributed by atoms with van der Waals surface area (Å²) >= 11 is 1.60. The minimum atomic E-state index is 0.0520. The Morgan fingerprint density at radius 1 is 1.04 bits per heavy atom. The van der Waals surface area contributed by atoms with Gasteiger partial charge in [-0.3, -0.25) is 9.36 Å². The minimum absolute atomic E-state index is 0.0520. The predicted octanol–water partition coefficient (Wildman–Crippen LogP) is 5.29. The lowest BCUT2D eigenvalue weighted by Crippen LogP contribution is -2.21. The molecular weight excluding hydrogens is 352 g/mol. The zero-order chi connectivity index (χ0) is 19.0. The van der Waals surface area contributed by atoms with Crippen molar-refractivity contribution in [3.05, 3.63) is 86.8 Å². The van der Waals surface area contributed by atoms with E-state index in [1.54, 1.807) is 22.2 Å². The molecule has 0 fully saturated rings. The van der Waals surface area contributed by atoms with Crippen LogP contribution in [-0.2, 0) is 13.0 Å². The molecule has 2 aromatic heterocycles. The molecule has 0 aliphatic heterocycles. The fourth-order valence-corrected chi connectivity index (χ4v) is 4.52. The van der Waals surface area contributed by atoms with Gasteiger partial charge in [0.1, 0.15) is 4.83 Å². The van der Waals surface area contributed by atoms with Crippen LogP contribution in [0.2, 0.25) is 0 Å². The number of rotatable bonds is 4. The molecule has 0 amide bonds. The van der Waals surface area contributed by atoms with Crippen LogP contribution in [-0.4, -0.2) is 9.55 Å². The van der Waals surface area contributed by atoms with Gasteiger partial charge >= 0.3 is 0 Å². The van der Waals surface area contributed by atoms with E-state index < -0.39 is 0 Å². The van der Waals surface area contributed by atoms with Crippen LogP contribution in [0.4, 0.5) is 0 Å². The lowest BCUT2D eigenvalue weighted by atomic mass is 9.97. The maximum absolute atomic E-state index is 13.3. The van der Waals surface area contributed by atoms with E-state index in [4.69, 9.17) is 0 Å². The first-order valence-corrected chi connectivity index (χ1v) is 9.96. The largest absolute Gasteiger partial charge is 0.298 e. The first-order valence-electron chi connectivity index (χ1n) is 9.14. The summed E-state index contributed by atoms with van der Waals surface area (Å²) in [4.78, 5) is 19.8. The van der Waals surface area contributed by atoms with E-state index in [2.05, 4.69) is 56.1 Å². The molecule has 0 aliphatic rings. The SMILES string of the molecule is Cc1ccc(C)c(-c2c(C)sc3ncn(CCc4ccccc4)c(=O)c23)c1. The summed E-state index contributed by atoms with van der Waals surface area (Å²) in [5.74, 6) is 0. The monoisotopic (exact) mass is 374 g/mol. The number of hydrogen-bond acceptors (Lipinski definition) is 3. The van der Waals surface area contributed by atoms with Gasteiger partial charge in [-0.25, -0.2) is 4.98 Å². The smallest absolute Gasteiger partial charge is 0.262 e. The Morgan fingerprint density at radius 2 is 1.81 bits per heavy atom. The summed E-state index contributed by atoms with van der Waals surface area (Å²) < 4.78 is 1.75. The Balaban J connectivity index is 1.82. The first-order chi connectivity index (χ1) is 13.0. The zero-order valence-electron chi connectivity index (χ0n) is 15.8. The molecule has 4 rings (SSSR count). The molecule has 0 bridgehead atoms. The Hall–Kier alpha value is -2.72. The van der Waals surface area contributed by atoms with Gasteiger partial charge in [-0.1, -0.05) is 54.1 Å². The molecule has 0 saturated heterocycles. The van der Waals surface area contributed by atoms with Crippen molar-refractivity contribution in [3.63, 3.8) is 0 Å². The molecule has 3 nitrogen and oxygen atoms in total. The topological polar surface area (TPSA) is 34.9 Å². The highest BCUT2D eigenvalue weighted by molar-refractivity contribution is 7.19. The third-order valence-electron chi connectivity index (χ3n) is 5.00. The van der Waals surface area contributed by atoms with Crippen molar-refractivity contribution in [1.29, 1.82) is 0 Å². The first kappa shape index (κ1) is 17.7. The molecule has 2 aromatic carbocycles. The summed E-state index contributed by atoms with van der Waals surface area (Å²) in [5.41, 5.74) is 5.84. The molecule has 0 N–H and O–H groups in total. The van der Waals surface area contributed by atoms with Gasteiger partial charge in [0, 0.05) is 17.0 Å². The quantitative estimate of drug-likeness (QED) is 0.486. The van der Waals surface area contributed by atoms with Gasteiger partial charge in [-0.15, -0.1) is 11.3 Å². The number of benzene rings is 2. The van der Waals surface area contributed by atoms with Crippen LogP contribution in [0.3, 0.4) is 0 Å². The summed E-state index contributed by atoms with van der Waals surface area (Å²) in [7, 11) is 0. The summed E-state index contributed by atoms with van der Waals surface area (Å²) in [6, 6.07) is 16.6. The van der Waals surface area contributed by atoms with Gasteiger partial charge in [-0.2, -0.15) is 0 Å². The molecule has 27 heavy (non-hydrogen) atoms. The standard InChI is InChI=1S/C23H22N2OS/c1-15-9-10-16(2)19(13-15)20-17(3)27-22-21(20)23(26)25(14-24-22)12-11-18-7-5-4-6-8-18/h4-10,13-14H,11-12H2,1-3H3. The highest BCUT2D eigenvalue weighted by Crippen LogP contribution is 2.37. The van der Waals surface area contributed by atoms with Gasteiger partial charge in [0.2, 0.25) is 0 Å². The van der Waals surface area contributed by atoms with E-state index in [9.17, 15) is 4.79 Å². The maximum Gasteiger partial charge on any atom is 0.262 e. The second-order valence-corrected chi connectivity index (χ2v) is 8.21. The van der Waals surface area contributed by atoms with Crippen LogP contribution in [0, 0.1) is 20.8 Å². The van der Waals surface area contributed by atoms with Crippen LogP contribution < -0.4 is 5.56 Å². The van der Waals surface area contributed by atoms with Gasteiger partial charge in [-0.05, 0) is 43.9 Å². The molecule has 0 unspecified atom stereocenters. The van der Waals surface area contributed by atoms with Crippen molar-refractivity contribution in [2.45, 2.75) is 33.7 Å². The fourth-order valence-electron chi connectivity index (χ4n) is 3.52. The molecule has 0 aliphatic carbocycles. The molecule has 4 heteroatoms. The molecule has 0 radical (unpaired) electrons. The summed E-state index contributed by atoms with van der Waals surface area (Å²) in [5, 5.41) is 0.752. The molecule has 0 spiro atoms. The van der Waals surface area contributed by atoms with Gasteiger partial charge in [0.25, 0.3) is 5.56 Å². The minimum Gasteiger partial charge on any atom is -0.298 e. The van der Waals surface area contributed by atoms with Crippen LogP contribution in [0.5, 0.6) is 0 Å². The normalized spacial score (nSPS) is 11.2. The number of thiophene rings is 1. The van der Waals surface area contributed by atoms with Gasteiger partial charge in [0.15, 0.2) is 0 Å². The lowest BCUT2D eigenvalue weighted by molar-refractivity contribution is 0.663. The second-order valence-electron chi connectivity index (χ2n) is 7.01. The van der Waals surface area contributed by atoms with Crippen molar-refractivity contribution in [3.8, 4) is 11.1 Å². The number of hydrogen-bond donors (Lipinski definition) is 0. The van der Waals surface area contributed by atoms with E-state index >= 15 is 0 Å². The molecular formula is C23H22N2OS. The number of fused-ring (bicyclic) bond motifs is 1. The van der Waals surface area contributed by atoms with E-state index in [1.165, 1.54) is 16.7 Å². The van der Waals surface area contributed by atoms with Crippen molar-refractivity contribution in [2.75, 3.05) is 0 Å². The van der Waals surface area contributed by atoms with E-state index in [0.717, 1.165) is 32.6 Å². The Kier molecular flexibility index (Phi) is 4.66. The number of aromatic nitrogens is 2. The van der Waals surface area contributed by atoms with E-state index in [1.807, 2.05) is 18.2 Å². The highest BCUT2D eigenvalue weighted by atomic mass is 32.1. The molecule has 0 saturated carbocycles. The van der Waals surface area contributed by atoms with Crippen molar-refractivity contribution >= 4 is 21.6 Å². The Morgan fingerprint density at radius 3 is 2.59 bits per heavy atom. The fraction of sp³-hybridized carbons (Fsp3) is 0.217. The van der Waals surface area contributed by atoms with Crippen LogP contribution >= 0.6 is 11.3 Å². The van der Waals surface area contributed by atoms with Crippen molar-refractivity contribution in [2.24, 2.45) is 0 Å². The van der Waals surface area contributed by atoms with Crippen LogP contribution in [0.15, 0.2) is 59.7 Å². The average molecular weight is 375 g/mol. The average Bonchev–Trinajstić information content (AvgIpc) is 3.01. The van der Waals surface area contributed by atoms with Crippen molar-refractivity contribution in [1.82, 2.24) is 9.55 Å². The third kappa shape index (κ3) is 3.33.